The third kappa shape index (κ3) is 2.91. The first-order valence-corrected chi connectivity index (χ1v) is 8.81. The van der Waals surface area contributed by atoms with E-state index in [2.05, 4.69) is 69.1 Å². The van der Waals surface area contributed by atoms with Crippen molar-refractivity contribution in [2.75, 3.05) is 0 Å². The molecule has 0 spiro atoms. The van der Waals surface area contributed by atoms with E-state index in [0.717, 1.165) is 17.7 Å². The van der Waals surface area contributed by atoms with E-state index in [0.29, 0.717) is 0 Å². The van der Waals surface area contributed by atoms with Crippen molar-refractivity contribution in [3.63, 3.8) is 0 Å². The highest BCUT2D eigenvalue weighted by molar-refractivity contribution is 7.13. The second-order valence-electron chi connectivity index (χ2n) is 6.39. The first kappa shape index (κ1) is 15.8. The molecule has 0 radical (unpaired) electrons. The van der Waals surface area contributed by atoms with Crippen LogP contribution in [0.1, 0.15) is 38.7 Å². The van der Waals surface area contributed by atoms with Gasteiger partial charge in [0.2, 0.25) is 0 Å². The molecule has 0 saturated heterocycles. The number of benzene rings is 1. The van der Waals surface area contributed by atoms with Gasteiger partial charge in [0.1, 0.15) is 0 Å². The number of hydrogen-bond donors (Lipinski definition) is 1. The minimum atomic E-state index is 0.235. The Labute approximate surface area is 142 Å². The molecule has 1 aromatic carbocycles. The summed E-state index contributed by atoms with van der Waals surface area (Å²) in [6.45, 7) is 10.6. The van der Waals surface area contributed by atoms with Crippen molar-refractivity contribution in [1.82, 2.24) is 0 Å². The summed E-state index contributed by atoms with van der Waals surface area (Å²) in [5.41, 5.74) is 14.9. The number of allylic oxidation sites excluding steroid dienone is 4. The van der Waals surface area contributed by atoms with Gasteiger partial charge in [0.05, 0.1) is 0 Å². The van der Waals surface area contributed by atoms with Crippen LogP contribution in [0.4, 0.5) is 0 Å². The van der Waals surface area contributed by atoms with Crippen LogP contribution in [0.15, 0.2) is 76.3 Å². The number of thiophene rings is 1. The Bertz CT molecular complexity index is 789. The van der Waals surface area contributed by atoms with E-state index in [4.69, 9.17) is 5.73 Å². The molecule has 0 saturated carbocycles. The number of nitrogens with two attached hydrogens (primary N) is 1. The Kier molecular flexibility index (Phi) is 4.27. The van der Waals surface area contributed by atoms with Crippen LogP contribution in [-0.4, -0.2) is 0 Å². The molecule has 0 amide bonds. The molecule has 3 rings (SSSR count). The molecular formula is C21H23NS. The third-order valence-electron chi connectivity index (χ3n) is 4.65. The van der Waals surface area contributed by atoms with E-state index in [1.807, 2.05) is 0 Å². The highest BCUT2D eigenvalue weighted by atomic mass is 32.1. The van der Waals surface area contributed by atoms with Gasteiger partial charge in [0.25, 0.3) is 0 Å². The van der Waals surface area contributed by atoms with Crippen LogP contribution in [0.3, 0.4) is 0 Å². The van der Waals surface area contributed by atoms with Crippen molar-refractivity contribution in [2.45, 2.75) is 33.1 Å². The molecule has 1 atom stereocenters. The van der Waals surface area contributed by atoms with Crippen LogP contribution < -0.4 is 5.73 Å². The maximum atomic E-state index is 6.28. The Morgan fingerprint density at radius 3 is 2.43 bits per heavy atom. The fourth-order valence-electron chi connectivity index (χ4n) is 3.48. The van der Waals surface area contributed by atoms with Gasteiger partial charge in [-0.3, -0.25) is 0 Å². The summed E-state index contributed by atoms with van der Waals surface area (Å²) >= 11 is 1.77. The largest absolute Gasteiger partial charge is 0.402 e. The Balaban J connectivity index is 2.04. The minimum Gasteiger partial charge on any atom is -0.402 e. The SMILES string of the molecule is C=C(C)C1=C(C)CC(N)=C(C)C1c1ccc(-c2cccs2)cc1. The Morgan fingerprint density at radius 1 is 1.17 bits per heavy atom. The predicted molar refractivity (Wildman–Crippen MR) is 102 cm³/mol. The van der Waals surface area contributed by atoms with E-state index in [-0.39, 0.29) is 5.92 Å². The van der Waals surface area contributed by atoms with Crippen LogP contribution in [0.25, 0.3) is 10.4 Å². The first-order valence-electron chi connectivity index (χ1n) is 7.93. The molecule has 23 heavy (non-hydrogen) atoms. The van der Waals surface area contributed by atoms with Crippen molar-refractivity contribution >= 4 is 11.3 Å². The molecule has 118 valence electrons. The quantitative estimate of drug-likeness (QED) is 0.734. The standard InChI is InChI=1S/C21H23NS/c1-13(2)20-14(3)12-18(22)15(4)21(20)17-9-7-16(8-10-17)19-6-5-11-23-19/h5-11,21H,1,12,22H2,2-4H3. The average Bonchev–Trinajstić information content (AvgIpc) is 3.05. The van der Waals surface area contributed by atoms with Gasteiger partial charge in [0.15, 0.2) is 0 Å². The summed E-state index contributed by atoms with van der Waals surface area (Å²) < 4.78 is 0. The van der Waals surface area contributed by atoms with Crippen LogP contribution in [0.5, 0.6) is 0 Å². The summed E-state index contributed by atoms with van der Waals surface area (Å²) in [6, 6.07) is 13.1. The maximum Gasteiger partial charge on any atom is 0.0342 e. The highest BCUT2D eigenvalue weighted by Crippen LogP contribution is 2.43. The average molecular weight is 321 g/mol. The lowest BCUT2D eigenvalue weighted by Crippen LogP contribution is -2.18. The lowest BCUT2D eigenvalue weighted by molar-refractivity contribution is 0.819. The summed E-state index contributed by atoms with van der Waals surface area (Å²) in [5, 5.41) is 2.11. The highest BCUT2D eigenvalue weighted by Gasteiger charge is 2.26. The molecule has 1 aromatic heterocycles. The molecule has 2 N–H and O–H groups in total. The zero-order valence-electron chi connectivity index (χ0n) is 14.0. The topological polar surface area (TPSA) is 26.0 Å². The molecule has 1 aliphatic carbocycles. The molecule has 1 unspecified atom stereocenters. The Hall–Kier alpha value is -2.06. The summed E-state index contributed by atoms with van der Waals surface area (Å²) in [4.78, 5) is 1.30. The monoisotopic (exact) mass is 321 g/mol. The van der Waals surface area contributed by atoms with Crippen LogP contribution >= 0.6 is 11.3 Å². The predicted octanol–water partition coefficient (Wildman–Crippen LogP) is 6.03. The summed E-state index contributed by atoms with van der Waals surface area (Å²) in [6.07, 6.45) is 0.859. The van der Waals surface area contributed by atoms with Crippen LogP contribution in [0.2, 0.25) is 0 Å². The van der Waals surface area contributed by atoms with Gasteiger partial charge in [-0.05, 0) is 54.5 Å². The number of hydrogen-bond acceptors (Lipinski definition) is 2. The van der Waals surface area contributed by atoms with Crippen LogP contribution in [0, 0.1) is 0 Å². The number of rotatable bonds is 3. The second kappa shape index (κ2) is 6.21. The second-order valence-corrected chi connectivity index (χ2v) is 7.34. The van der Waals surface area contributed by atoms with Crippen molar-refractivity contribution in [2.24, 2.45) is 5.73 Å². The van der Waals surface area contributed by atoms with Crippen molar-refractivity contribution in [1.29, 1.82) is 0 Å². The lowest BCUT2D eigenvalue weighted by atomic mass is 9.75. The van der Waals surface area contributed by atoms with Crippen molar-refractivity contribution < 1.29 is 0 Å². The van der Waals surface area contributed by atoms with Gasteiger partial charge in [-0.2, -0.15) is 0 Å². The van der Waals surface area contributed by atoms with Crippen molar-refractivity contribution in [3.8, 4) is 10.4 Å². The van der Waals surface area contributed by atoms with E-state index >= 15 is 0 Å². The zero-order chi connectivity index (χ0) is 16.6. The van der Waals surface area contributed by atoms with Crippen LogP contribution in [-0.2, 0) is 0 Å². The molecule has 2 aromatic rings. The fourth-order valence-corrected chi connectivity index (χ4v) is 4.21. The van der Waals surface area contributed by atoms with Gasteiger partial charge in [-0.15, -0.1) is 11.3 Å². The minimum absolute atomic E-state index is 0.235. The van der Waals surface area contributed by atoms with Gasteiger partial charge in [-0.1, -0.05) is 48.1 Å². The first-order chi connectivity index (χ1) is 11.0. The van der Waals surface area contributed by atoms with Gasteiger partial charge < -0.3 is 5.73 Å². The fraction of sp³-hybridized carbons (Fsp3) is 0.238. The molecule has 1 heterocycles. The van der Waals surface area contributed by atoms with Gasteiger partial charge in [0, 0.05) is 22.9 Å². The normalized spacial score (nSPS) is 18.5. The van der Waals surface area contributed by atoms with Crippen molar-refractivity contribution in [3.05, 3.63) is 81.9 Å². The molecule has 0 bridgehead atoms. The summed E-state index contributed by atoms with van der Waals surface area (Å²) in [7, 11) is 0. The maximum absolute atomic E-state index is 6.28. The lowest BCUT2D eigenvalue weighted by Gasteiger charge is -2.30. The van der Waals surface area contributed by atoms with E-state index in [1.54, 1.807) is 11.3 Å². The van der Waals surface area contributed by atoms with Gasteiger partial charge >= 0.3 is 0 Å². The van der Waals surface area contributed by atoms with E-state index < -0.39 is 0 Å². The summed E-state index contributed by atoms with van der Waals surface area (Å²) in [5.74, 6) is 0.235. The van der Waals surface area contributed by atoms with E-state index in [9.17, 15) is 0 Å². The van der Waals surface area contributed by atoms with Gasteiger partial charge in [-0.25, -0.2) is 0 Å². The zero-order valence-corrected chi connectivity index (χ0v) is 14.8. The molecule has 2 heteroatoms. The molecule has 1 aliphatic rings. The third-order valence-corrected chi connectivity index (χ3v) is 5.57. The molecule has 0 fully saturated rings. The molecular weight excluding hydrogens is 298 g/mol. The smallest absolute Gasteiger partial charge is 0.0342 e. The molecule has 0 aliphatic heterocycles. The van der Waals surface area contributed by atoms with E-state index in [1.165, 1.54) is 32.7 Å². The molecule has 1 nitrogen and oxygen atoms in total. The Morgan fingerprint density at radius 2 is 1.87 bits per heavy atom.